The number of hydrogen-bond donors (Lipinski definition) is 1. The van der Waals surface area contributed by atoms with Crippen molar-refractivity contribution >= 4 is 33.1 Å². The van der Waals surface area contributed by atoms with Gasteiger partial charge in [0.1, 0.15) is 17.9 Å². The zero-order valence-corrected chi connectivity index (χ0v) is 12.0. The van der Waals surface area contributed by atoms with E-state index in [0.29, 0.717) is 17.4 Å². The van der Waals surface area contributed by atoms with Gasteiger partial charge in [-0.25, -0.2) is 13.8 Å². The highest BCUT2D eigenvalue weighted by molar-refractivity contribution is 9.10. The number of nitrogens with zero attached hydrogens (tertiary/aromatic N) is 1. The van der Waals surface area contributed by atoms with Crippen molar-refractivity contribution < 1.29 is 13.2 Å². The molecule has 0 atom stereocenters. The SMILES string of the molecule is Fc1cc(CC(=S)NCc2ncco2)c(F)cc1Br. The maximum absolute atomic E-state index is 13.6. The average Bonchev–Trinajstić information content (AvgIpc) is 2.86. The molecular weight excluding hydrogens is 338 g/mol. The molecule has 100 valence electrons. The van der Waals surface area contributed by atoms with Crippen molar-refractivity contribution in [2.45, 2.75) is 13.0 Å². The molecule has 1 heterocycles. The summed E-state index contributed by atoms with van der Waals surface area (Å²) in [7, 11) is 0. The number of halogens is 3. The van der Waals surface area contributed by atoms with E-state index in [-0.39, 0.29) is 16.5 Å². The first-order valence-electron chi connectivity index (χ1n) is 5.34. The first-order chi connectivity index (χ1) is 9.06. The van der Waals surface area contributed by atoms with Gasteiger partial charge in [-0.2, -0.15) is 0 Å². The maximum atomic E-state index is 13.6. The lowest BCUT2D eigenvalue weighted by Gasteiger charge is -2.08. The normalized spacial score (nSPS) is 10.5. The van der Waals surface area contributed by atoms with Crippen LogP contribution < -0.4 is 5.32 Å². The number of nitrogens with one attached hydrogen (secondary N) is 1. The summed E-state index contributed by atoms with van der Waals surface area (Å²) < 4.78 is 32.0. The molecular formula is C12H9BrF2N2OS. The molecule has 1 aromatic carbocycles. The highest BCUT2D eigenvalue weighted by atomic mass is 79.9. The minimum absolute atomic E-state index is 0.0902. The van der Waals surface area contributed by atoms with Gasteiger partial charge >= 0.3 is 0 Å². The molecule has 3 nitrogen and oxygen atoms in total. The molecule has 0 amide bonds. The van der Waals surface area contributed by atoms with Gasteiger partial charge in [-0.3, -0.25) is 0 Å². The highest BCUT2D eigenvalue weighted by Gasteiger charge is 2.10. The van der Waals surface area contributed by atoms with Crippen LogP contribution in [-0.4, -0.2) is 9.97 Å². The minimum atomic E-state index is -0.521. The Morgan fingerprint density at radius 3 is 2.84 bits per heavy atom. The molecule has 19 heavy (non-hydrogen) atoms. The lowest BCUT2D eigenvalue weighted by molar-refractivity contribution is 0.488. The van der Waals surface area contributed by atoms with Crippen molar-refractivity contribution in [1.82, 2.24) is 10.3 Å². The van der Waals surface area contributed by atoms with Gasteiger partial charge in [0.15, 0.2) is 0 Å². The number of thiocarbonyl (C=S) groups is 1. The molecule has 2 aromatic rings. The maximum Gasteiger partial charge on any atom is 0.213 e. The van der Waals surface area contributed by atoms with Crippen LogP contribution in [-0.2, 0) is 13.0 Å². The van der Waals surface area contributed by atoms with E-state index in [1.54, 1.807) is 0 Å². The largest absolute Gasteiger partial charge is 0.447 e. The Kier molecular flexibility index (Phi) is 4.60. The third-order valence-corrected chi connectivity index (χ3v) is 3.26. The van der Waals surface area contributed by atoms with E-state index >= 15 is 0 Å². The minimum Gasteiger partial charge on any atom is -0.447 e. The summed E-state index contributed by atoms with van der Waals surface area (Å²) in [6.07, 6.45) is 3.08. The van der Waals surface area contributed by atoms with Crippen LogP contribution in [0.4, 0.5) is 8.78 Å². The number of aromatic nitrogens is 1. The summed E-state index contributed by atoms with van der Waals surface area (Å²) in [6.45, 7) is 0.312. The van der Waals surface area contributed by atoms with Gasteiger partial charge in [0.2, 0.25) is 5.89 Å². The van der Waals surface area contributed by atoms with Crippen LogP contribution in [0.5, 0.6) is 0 Å². The van der Waals surface area contributed by atoms with Crippen LogP contribution in [0.2, 0.25) is 0 Å². The smallest absolute Gasteiger partial charge is 0.213 e. The molecule has 1 N–H and O–H groups in total. The van der Waals surface area contributed by atoms with E-state index in [2.05, 4.69) is 26.2 Å². The second kappa shape index (κ2) is 6.21. The van der Waals surface area contributed by atoms with Crippen molar-refractivity contribution in [2.75, 3.05) is 0 Å². The number of benzene rings is 1. The quantitative estimate of drug-likeness (QED) is 0.680. The van der Waals surface area contributed by atoms with E-state index in [0.717, 1.165) is 12.1 Å². The van der Waals surface area contributed by atoms with Crippen LogP contribution in [0.15, 0.2) is 33.5 Å². The van der Waals surface area contributed by atoms with Crippen LogP contribution in [0, 0.1) is 11.6 Å². The molecule has 0 aliphatic rings. The lowest BCUT2D eigenvalue weighted by Crippen LogP contribution is -2.23. The number of oxazole rings is 1. The fraction of sp³-hybridized carbons (Fsp3) is 0.167. The summed E-state index contributed by atoms with van der Waals surface area (Å²) in [5.74, 6) is -0.551. The average molecular weight is 347 g/mol. The summed E-state index contributed by atoms with van der Waals surface area (Å²) in [5, 5.41) is 2.87. The molecule has 0 fully saturated rings. The monoisotopic (exact) mass is 346 g/mol. The Hall–Kier alpha value is -1.34. The predicted octanol–water partition coefficient (Wildman–Crippen LogP) is 3.38. The Morgan fingerprint density at radius 2 is 2.16 bits per heavy atom. The molecule has 0 aliphatic carbocycles. The van der Waals surface area contributed by atoms with Gasteiger partial charge in [-0.05, 0) is 33.6 Å². The number of rotatable bonds is 4. The van der Waals surface area contributed by atoms with Gasteiger partial charge in [0.25, 0.3) is 0 Å². The Morgan fingerprint density at radius 1 is 1.37 bits per heavy atom. The Bertz CT molecular complexity index is 590. The standard InChI is InChI=1S/C12H9BrF2N2OS/c13-8-5-9(14)7(3-10(8)15)4-12(19)17-6-11-16-1-2-18-11/h1-3,5H,4,6H2,(H,17,19). The van der Waals surface area contributed by atoms with Crippen LogP contribution in [0.1, 0.15) is 11.5 Å². The summed E-state index contributed by atoms with van der Waals surface area (Å²) in [6, 6.07) is 2.21. The zero-order valence-electron chi connectivity index (χ0n) is 9.62. The Balaban J connectivity index is 1.97. The number of hydrogen-bond acceptors (Lipinski definition) is 3. The fourth-order valence-electron chi connectivity index (χ4n) is 1.45. The predicted molar refractivity (Wildman–Crippen MR) is 73.7 cm³/mol. The third kappa shape index (κ3) is 3.81. The fourth-order valence-corrected chi connectivity index (χ4v) is 1.99. The van der Waals surface area contributed by atoms with Crippen molar-refractivity contribution in [3.8, 4) is 0 Å². The van der Waals surface area contributed by atoms with E-state index in [1.165, 1.54) is 12.5 Å². The van der Waals surface area contributed by atoms with Crippen molar-refractivity contribution in [3.63, 3.8) is 0 Å². The highest BCUT2D eigenvalue weighted by Crippen LogP contribution is 2.20. The molecule has 0 spiro atoms. The van der Waals surface area contributed by atoms with E-state index in [4.69, 9.17) is 16.6 Å². The summed E-state index contributed by atoms with van der Waals surface area (Å²) >= 11 is 7.98. The lowest BCUT2D eigenvalue weighted by atomic mass is 10.1. The second-order valence-corrected chi connectivity index (χ2v) is 5.08. The molecule has 0 aliphatic heterocycles. The first kappa shape index (κ1) is 14.1. The second-order valence-electron chi connectivity index (χ2n) is 3.74. The molecule has 0 saturated carbocycles. The van der Waals surface area contributed by atoms with E-state index < -0.39 is 11.6 Å². The molecule has 0 bridgehead atoms. The molecule has 7 heteroatoms. The molecule has 0 radical (unpaired) electrons. The van der Waals surface area contributed by atoms with Gasteiger partial charge in [-0.15, -0.1) is 0 Å². The van der Waals surface area contributed by atoms with Gasteiger partial charge in [-0.1, -0.05) is 12.2 Å². The first-order valence-corrected chi connectivity index (χ1v) is 6.55. The molecule has 1 aromatic heterocycles. The van der Waals surface area contributed by atoms with Crippen LogP contribution >= 0.6 is 28.1 Å². The van der Waals surface area contributed by atoms with E-state index in [1.807, 2.05) is 0 Å². The molecule has 0 saturated heterocycles. The van der Waals surface area contributed by atoms with E-state index in [9.17, 15) is 8.78 Å². The summed E-state index contributed by atoms with van der Waals surface area (Å²) in [4.78, 5) is 4.30. The molecule has 2 rings (SSSR count). The summed E-state index contributed by atoms with van der Waals surface area (Å²) in [5.41, 5.74) is 0.200. The van der Waals surface area contributed by atoms with Crippen molar-refractivity contribution in [3.05, 3.63) is 52.2 Å². The van der Waals surface area contributed by atoms with Gasteiger partial charge < -0.3 is 9.73 Å². The Labute approximate surface area is 122 Å². The van der Waals surface area contributed by atoms with Crippen molar-refractivity contribution in [2.24, 2.45) is 0 Å². The zero-order chi connectivity index (χ0) is 13.8. The van der Waals surface area contributed by atoms with Gasteiger partial charge in [0.05, 0.1) is 22.2 Å². The van der Waals surface area contributed by atoms with Gasteiger partial charge in [0, 0.05) is 6.42 Å². The third-order valence-electron chi connectivity index (χ3n) is 2.36. The van der Waals surface area contributed by atoms with Crippen LogP contribution in [0.3, 0.4) is 0 Å². The van der Waals surface area contributed by atoms with Crippen molar-refractivity contribution in [1.29, 1.82) is 0 Å². The topological polar surface area (TPSA) is 38.1 Å². The molecule has 0 unspecified atom stereocenters. The van der Waals surface area contributed by atoms with Crippen LogP contribution in [0.25, 0.3) is 0 Å².